The summed E-state index contributed by atoms with van der Waals surface area (Å²) in [6, 6.07) is 23.3. The molecule has 0 aliphatic carbocycles. The van der Waals surface area contributed by atoms with Crippen LogP contribution in [-0.4, -0.2) is 18.0 Å². The molecule has 1 amide bonds. The second-order valence-electron chi connectivity index (χ2n) is 6.17. The van der Waals surface area contributed by atoms with Crippen LogP contribution in [0.2, 0.25) is 0 Å². The van der Waals surface area contributed by atoms with Gasteiger partial charge >= 0.3 is 5.97 Å². The molecule has 4 nitrogen and oxygen atoms in total. The Hall–Kier alpha value is -3.14. The summed E-state index contributed by atoms with van der Waals surface area (Å²) in [6.45, 7) is 1.58. The first-order chi connectivity index (χ1) is 12.6. The van der Waals surface area contributed by atoms with E-state index in [0.29, 0.717) is 12.1 Å². The van der Waals surface area contributed by atoms with Crippen molar-refractivity contribution in [1.82, 2.24) is 0 Å². The highest BCUT2D eigenvalue weighted by atomic mass is 16.5. The molecule has 0 fully saturated rings. The van der Waals surface area contributed by atoms with Gasteiger partial charge in [0.1, 0.15) is 0 Å². The molecular formula is C22H21NO3. The maximum Gasteiger partial charge on any atom is 0.306 e. The SMILES string of the molecule is CC(OC(=O)CCc1ccccc1)C(=O)Nc1ccc2ccccc2c1. The molecule has 0 aliphatic heterocycles. The number of ether oxygens (including phenoxy) is 1. The van der Waals surface area contributed by atoms with Gasteiger partial charge in [-0.2, -0.15) is 0 Å². The lowest BCUT2D eigenvalue weighted by Gasteiger charge is -2.14. The molecule has 0 heterocycles. The van der Waals surface area contributed by atoms with Crippen LogP contribution in [0, 0.1) is 0 Å². The van der Waals surface area contributed by atoms with Crippen molar-refractivity contribution in [1.29, 1.82) is 0 Å². The second kappa shape index (κ2) is 8.30. The van der Waals surface area contributed by atoms with Crippen molar-refractivity contribution in [3.63, 3.8) is 0 Å². The molecule has 0 aliphatic rings. The molecule has 0 aromatic heterocycles. The van der Waals surface area contributed by atoms with E-state index in [-0.39, 0.29) is 18.3 Å². The van der Waals surface area contributed by atoms with Crippen molar-refractivity contribution in [2.75, 3.05) is 5.32 Å². The highest BCUT2D eigenvalue weighted by Gasteiger charge is 2.18. The van der Waals surface area contributed by atoms with E-state index in [4.69, 9.17) is 4.74 Å². The molecule has 0 spiro atoms. The fraction of sp³-hybridized carbons (Fsp3) is 0.182. The highest BCUT2D eigenvalue weighted by Crippen LogP contribution is 2.19. The number of hydrogen-bond acceptors (Lipinski definition) is 3. The first kappa shape index (κ1) is 17.7. The Kier molecular flexibility index (Phi) is 5.64. The van der Waals surface area contributed by atoms with Gasteiger partial charge in [0.15, 0.2) is 6.10 Å². The number of aryl methyl sites for hydroxylation is 1. The predicted octanol–water partition coefficient (Wildman–Crippen LogP) is 4.34. The van der Waals surface area contributed by atoms with Gasteiger partial charge < -0.3 is 10.1 Å². The molecule has 1 N–H and O–H groups in total. The minimum atomic E-state index is -0.843. The summed E-state index contributed by atoms with van der Waals surface area (Å²) in [7, 11) is 0. The molecule has 4 heteroatoms. The van der Waals surface area contributed by atoms with E-state index in [2.05, 4.69) is 5.32 Å². The Bertz CT molecular complexity index is 905. The van der Waals surface area contributed by atoms with E-state index in [1.165, 1.54) is 0 Å². The third-order valence-corrected chi connectivity index (χ3v) is 4.16. The van der Waals surface area contributed by atoms with Crippen molar-refractivity contribution in [2.24, 2.45) is 0 Å². The Morgan fingerprint density at radius 3 is 2.38 bits per heavy atom. The molecule has 3 rings (SSSR count). The van der Waals surface area contributed by atoms with Crippen LogP contribution in [0.4, 0.5) is 5.69 Å². The van der Waals surface area contributed by atoms with Gasteiger partial charge in [-0.25, -0.2) is 0 Å². The quantitative estimate of drug-likeness (QED) is 0.675. The van der Waals surface area contributed by atoms with Crippen molar-refractivity contribution >= 4 is 28.3 Å². The zero-order valence-electron chi connectivity index (χ0n) is 14.6. The van der Waals surface area contributed by atoms with Gasteiger partial charge in [0, 0.05) is 12.1 Å². The number of carbonyl (C=O) groups is 2. The fourth-order valence-electron chi connectivity index (χ4n) is 2.71. The lowest BCUT2D eigenvalue weighted by Crippen LogP contribution is -2.30. The molecule has 3 aromatic rings. The monoisotopic (exact) mass is 347 g/mol. The molecule has 0 saturated heterocycles. The van der Waals surface area contributed by atoms with Crippen LogP contribution in [0.1, 0.15) is 18.9 Å². The van der Waals surface area contributed by atoms with Crippen molar-refractivity contribution in [2.45, 2.75) is 25.9 Å². The average Bonchev–Trinajstić information content (AvgIpc) is 2.67. The van der Waals surface area contributed by atoms with Gasteiger partial charge in [0.2, 0.25) is 0 Å². The Morgan fingerprint density at radius 2 is 1.62 bits per heavy atom. The number of esters is 1. The average molecular weight is 347 g/mol. The lowest BCUT2D eigenvalue weighted by molar-refractivity contribution is -0.153. The topological polar surface area (TPSA) is 55.4 Å². The van der Waals surface area contributed by atoms with Crippen LogP contribution in [0.5, 0.6) is 0 Å². The number of carbonyl (C=O) groups excluding carboxylic acids is 2. The molecule has 1 unspecified atom stereocenters. The van der Waals surface area contributed by atoms with E-state index in [1.807, 2.05) is 72.8 Å². The van der Waals surface area contributed by atoms with Gasteiger partial charge in [-0.15, -0.1) is 0 Å². The number of amides is 1. The largest absolute Gasteiger partial charge is 0.453 e. The Morgan fingerprint density at radius 1 is 0.923 bits per heavy atom. The minimum Gasteiger partial charge on any atom is -0.453 e. The number of benzene rings is 3. The summed E-state index contributed by atoms with van der Waals surface area (Å²) in [4.78, 5) is 24.2. The molecule has 1 atom stereocenters. The first-order valence-corrected chi connectivity index (χ1v) is 8.65. The van der Waals surface area contributed by atoms with E-state index in [1.54, 1.807) is 6.92 Å². The number of rotatable bonds is 6. The van der Waals surface area contributed by atoms with Crippen LogP contribution >= 0.6 is 0 Å². The van der Waals surface area contributed by atoms with Crippen LogP contribution < -0.4 is 5.32 Å². The standard InChI is InChI=1S/C22H21NO3/c1-16(26-21(24)14-11-17-7-3-2-4-8-17)22(25)23-20-13-12-18-9-5-6-10-19(18)15-20/h2-10,12-13,15-16H,11,14H2,1H3,(H,23,25). The van der Waals surface area contributed by atoms with Crippen molar-refractivity contribution in [3.05, 3.63) is 78.4 Å². The lowest BCUT2D eigenvalue weighted by atomic mass is 10.1. The van der Waals surface area contributed by atoms with Gasteiger partial charge in [-0.1, -0.05) is 60.7 Å². The van der Waals surface area contributed by atoms with Gasteiger partial charge in [-0.05, 0) is 41.8 Å². The van der Waals surface area contributed by atoms with E-state index in [0.717, 1.165) is 16.3 Å². The maximum absolute atomic E-state index is 12.3. The summed E-state index contributed by atoms with van der Waals surface area (Å²) >= 11 is 0. The molecular weight excluding hydrogens is 326 g/mol. The minimum absolute atomic E-state index is 0.248. The fourth-order valence-corrected chi connectivity index (χ4v) is 2.71. The van der Waals surface area contributed by atoms with E-state index in [9.17, 15) is 9.59 Å². The molecule has 0 bridgehead atoms. The molecule has 0 radical (unpaired) electrons. The number of nitrogens with one attached hydrogen (secondary N) is 1. The van der Waals surface area contributed by atoms with Gasteiger partial charge in [0.05, 0.1) is 0 Å². The molecule has 0 saturated carbocycles. The number of fused-ring (bicyclic) bond motifs is 1. The first-order valence-electron chi connectivity index (χ1n) is 8.65. The van der Waals surface area contributed by atoms with Crippen molar-refractivity contribution in [3.8, 4) is 0 Å². The smallest absolute Gasteiger partial charge is 0.306 e. The third-order valence-electron chi connectivity index (χ3n) is 4.16. The van der Waals surface area contributed by atoms with E-state index < -0.39 is 6.10 Å². The third kappa shape index (κ3) is 4.70. The normalized spacial score (nSPS) is 11.7. The zero-order chi connectivity index (χ0) is 18.4. The summed E-state index contributed by atoms with van der Waals surface area (Å²) in [5.74, 6) is -0.719. The Balaban J connectivity index is 1.52. The zero-order valence-corrected chi connectivity index (χ0v) is 14.6. The Labute approximate surface area is 152 Å². The number of anilines is 1. The predicted molar refractivity (Wildman–Crippen MR) is 103 cm³/mol. The van der Waals surface area contributed by atoms with Crippen LogP contribution in [0.25, 0.3) is 10.8 Å². The summed E-state index contributed by atoms with van der Waals surface area (Å²) in [6.07, 6.45) is 0.000717. The summed E-state index contributed by atoms with van der Waals surface area (Å²) < 4.78 is 5.24. The van der Waals surface area contributed by atoms with Gasteiger partial charge in [0.25, 0.3) is 5.91 Å². The second-order valence-corrected chi connectivity index (χ2v) is 6.17. The molecule has 3 aromatic carbocycles. The summed E-state index contributed by atoms with van der Waals surface area (Å²) in [5.41, 5.74) is 1.75. The molecule has 132 valence electrons. The summed E-state index contributed by atoms with van der Waals surface area (Å²) in [5, 5.41) is 4.94. The van der Waals surface area contributed by atoms with Gasteiger partial charge in [-0.3, -0.25) is 9.59 Å². The maximum atomic E-state index is 12.3. The van der Waals surface area contributed by atoms with Crippen LogP contribution in [-0.2, 0) is 20.7 Å². The highest BCUT2D eigenvalue weighted by molar-refractivity contribution is 5.97. The van der Waals surface area contributed by atoms with E-state index >= 15 is 0 Å². The number of hydrogen-bond donors (Lipinski definition) is 1. The van der Waals surface area contributed by atoms with Crippen molar-refractivity contribution < 1.29 is 14.3 Å². The van der Waals surface area contributed by atoms with Crippen LogP contribution in [0.3, 0.4) is 0 Å². The molecule has 26 heavy (non-hydrogen) atoms. The van der Waals surface area contributed by atoms with Crippen LogP contribution in [0.15, 0.2) is 72.8 Å².